The number of hydrogen-bond acceptors (Lipinski definition) is 3. The van der Waals surface area contributed by atoms with Crippen molar-refractivity contribution in [3.8, 4) is 5.75 Å². The lowest BCUT2D eigenvalue weighted by molar-refractivity contribution is 0.155. The maximum absolute atomic E-state index is 13.7. The molecule has 2 bridgehead atoms. The number of nitrogens with two attached hydrogens (primary N) is 1. The molecule has 0 amide bonds. The molecule has 1 aromatic rings. The Morgan fingerprint density at radius 3 is 2.62 bits per heavy atom. The molecule has 0 saturated heterocycles. The molecule has 0 aliphatic heterocycles. The highest BCUT2D eigenvalue weighted by atomic mass is 19.1. The Morgan fingerprint density at radius 1 is 1.33 bits per heavy atom. The van der Waals surface area contributed by atoms with Gasteiger partial charge in [0.15, 0.2) is 11.6 Å². The number of fused-ring (bicyclic) bond motifs is 2. The summed E-state index contributed by atoms with van der Waals surface area (Å²) in [6, 6.07) is 3.36. The van der Waals surface area contributed by atoms with Crippen LogP contribution in [0.1, 0.15) is 40.0 Å². The van der Waals surface area contributed by atoms with Gasteiger partial charge in [-0.05, 0) is 36.0 Å². The van der Waals surface area contributed by atoms with Gasteiger partial charge in [0, 0.05) is 18.2 Å². The maximum Gasteiger partial charge on any atom is 0.167 e. The number of halogens is 1. The zero-order chi connectivity index (χ0) is 15.4. The molecule has 1 aromatic carbocycles. The van der Waals surface area contributed by atoms with Crippen LogP contribution in [-0.2, 0) is 0 Å². The summed E-state index contributed by atoms with van der Waals surface area (Å²) >= 11 is 0. The lowest BCUT2D eigenvalue weighted by Gasteiger charge is -2.43. The molecule has 0 spiro atoms. The molecule has 3 nitrogen and oxygen atoms in total. The van der Waals surface area contributed by atoms with Crippen LogP contribution in [0, 0.1) is 22.6 Å². The van der Waals surface area contributed by atoms with Crippen LogP contribution in [0.15, 0.2) is 12.1 Å². The summed E-state index contributed by atoms with van der Waals surface area (Å²) in [5.41, 5.74) is 7.73. The van der Waals surface area contributed by atoms with Crippen molar-refractivity contribution in [2.24, 2.45) is 16.7 Å². The molecule has 2 aliphatic carbocycles. The molecule has 4 heteroatoms. The quantitative estimate of drug-likeness (QED) is 0.826. The highest BCUT2D eigenvalue weighted by Crippen LogP contribution is 2.63. The van der Waals surface area contributed by atoms with Crippen molar-refractivity contribution >= 4 is 11.4 Å². The van der Waals surface area contributed by atoms with Crippen LogP contribution in [-0.4, -0.2) is 13.2 Å². The number of nitrogen functional groups attached to an aromatic ring is 1. The third kappa shape index (κ3) is 2.07. The van der Waals surface area contributed by atoms with Gasteiger partial charge in [0.1, 0.15) is 0 Å². The van der Waals surface area contributed by atoms with Gasteiger partial charge in [-0.25, -0.2) is 4.39 Å². The average molecular weight is 292 g/mol. The standard InChI is InChI=1S/C17H25FN2O/c1-16(2)10-5-6-17(3,9-10)15(16)20-13-8-14(21-4)11(18)7-12(13)19/h7-8,10,15,20H,5-6,9,19H2,1-4H3. The van der Waals surface area contributed by atoms with Gasteiger partial charge in [-0.3, -0.25) is 0 Å². The Hall–Kier alpha value is -1.45. The Kier molecular flexibility index (Phi) is 3.12. The first-order valence-corrected chi connectivity index (χ1v) is 7.67. The second-order valence-electron chi connectivity index (χ2n) is 7.57. The highest BCUT2D eigenvalue weighted by molar-refractivity contribution is 5.69. The third-order valence-corrected chi connectivity index (χ3v) is 5.89. The molecule has 0 heterocycles. The van der Waals surface area contributed by atoms with Crippen molar-refractivity contribution in [1.29, 1.82) is 0 Å². The molecule has 3 unspecified atom stereocenters. The Balaban J connectivity index is 1.93. The van der Waals surface area contributed by atoms with E-state index in [4.69, 9.17) is 10.5 Å². The van der Waals surface area contributed by atoms with Gasteiger partial charge in [-0.1, -0.05) is 20.8 Å². The van der Waals surface area contributed by atoms with E-state index in [2.05, 4.69) is 26.1 Å². The molecule has 0 aromatic heterocycles. The number of benzene rings is 1. The van der Waals surface area contributed by atoms with Crippen molar-refractivity contribution in [2.45, 2.75) is 46.1 Å². The molecular formula is C17H25FN2O. The van der Waals surface area contributed by atoms with Gasteiger partial charge < -0.3 is 15.8 Å². The van der Waals surface area contributed by atoms with Crippen molar-refractivity contribution in [3.63, 3.8) is 0 Å². The van der Waals surface area contributed by atoms with E-state index >= 15 is 0 Å². The van der Waals surface area contributed by atoms with E-state index in [9.17, 15) is 4.39 Å². The lowest BCUT2D eigenvalue weighted by Crippen LogP contribution is -2.45. The molecule has 116 valence electrons. The van der Waals surface area contributed by atoms with Gasteiger partial charge in [0.2, 0.25) is 0 Å². The van der Waals surface area contributed by atoms with Gasteiger partial charge in [0.05, 0.1) is 18.5 Å². The lowest BCUT2D eigenvalue weighted by atomic mass is 9.68. The van der Waals surface area contributed by atoms with E-state index in [1.54, 1.807) is 6.07 Å². The first-order valence-electron chi connectivity index (χ1n) is 7.67. The summed E-state index contributed by atoms with van der Waals surface area (Å²) in [7, 11) is 1.47. The topological polar surface area (TPSA) is 47.3 Å². The molecule has 3 atom stereocenters. The van der Waals surface area contributed by atoms with Gasteiger partial charge >= 0.3 is 0 Å². The highest BCUT2D eigenvalue weighted by Gasteiger charge is 2.59. The number of rotatable bonds is 3. The Labute approximate surface area is 126 Å². The molecular weight excluding hydrogens is 267 g/mol. The van der Waals surface area contributed by atoms with E-state index < -0.39 is 5.82 Å². The normalized spacial score (nSPS) is 33.2. The summed E-state index contributed by atoms with van der Waals surface area (Å²) in [4.78, 5) is 0. The maximum atomic E-state index is 13.7. The number of nitrogens with one attached hydrogen (secondary N) is 1. The summed E-state index contributed by atoms with van der Waals surface area (Å²) < 4.78 is 18.8. The second-order valence-corrected chi connectivity index (χ2v) is 7.57. The summed E-state index contributed by atoms with van der Waals surface area (Å²) in [5, 5.41) is 3.60. The van der Waals surface area contributed by atoms with Crippen molar-refractivity contribution < 1.29 is 9.13 Å². The minimum atomic E-state index is -0.418. The number of methoxy groups -OCH3 is 1. The van der Waals surface area contributed by atoms with E-state index in [-0.39, 0.29) is 11.2 Å². The van der Waals surface area contributed by atoms with Crippen LogP contribution >= 0.6 is 0 Å². The second kappa shape index (κ2) is 4.52. The van der Waals surface area contributed by atoms with Gasteiger partial charge in [0.25, 0.3) is 0 Å². The fourth-order valence-corrected chi connectivity index (χ4v) is 4.67. The molecule has 21 heavy (non-hydrogen) atoms. The van der Waals surface area contributed by atoms with Crippen molar-refractivity contribution in [3.05, 3.63) is 17.9 Å². The molecule has 3 rings (SSSR count). The Bertz CT molecular complexity index is 567. The van der Waals surface area contributed by atoms with E-state index in [1.165, 1.54) is 32.4 Å². The minimum absolute atomic E-state index is 0.223. The SMILES string of the molecule is COc1cc(NC2C3(C)CCC(C3)C2(C)C)c(N)cc1F. The van der Waals surface area contributed by atoms with E-state index in [0.717, 1.165) is 11.6 Å². The zero-order valence-corrected chi connectivity index (χ0v) is 13.3. The van der Waals surface area contributed by atoms with Crippen LogP contribution in [0.25, 0.3) is 0 Å². The fourth-order valence-electron chi connectivity index (χ4n) is 4.67. The number of anilines is 2. The Morgan fingerprint density at radius 2 is 2.05 bits per heavy atom. The van der Waals surface area contributed by atoms with Crippen LogP contribution in [0.4, 0.5) is 15.8 Å². The molecule has 3 N–H and O–H groups in total. The van der Waals surface area contributed by atoms with Crippen LogP contribution < -0.4 is 15.8 Å². The van der Waals surface area contributed by atoms with Crippen LogP contribution in [0.3, 0.4) is 0 Å². The van der Waals surface area contributed by atoms with E-state index in [1.807, 2.05) is 0 Å². The van der Waals surface area contributed by atoms with Crippen LogP contribution in [0.5, 0.6) is 5.75 Å². The van der Waals surface area contributed by atoms with Crippen molar-refractivity contribution in [1.82, 2.24) is 0 Å². The monoisotopic (exact) mass is 292 g/mol. The molecule has 0 radical (unpaired) electrons. The van der Waals surface area contributed by atoms with E-state index in [0.29, 0.717) is 17.1 Å². The molecule has 2 saturated carbocycles. The summed E-state index contributed by atoms with van der Waals surface area (Å²) in [6.07, 6.45) is 3.82. The smallest absolute Gasteiger partial charge is 0.167 e. The third-order valence-electron chi connectivity index (χ3n) is 5.89. The summed E-state index contributed by atoms with van der Waals surface area (Å²) in [5.74, 6) is 0.570. The van der Waals surface area contributed by atoms with Gasteiger partial charge in [-0.15, -0.1) is 0 Å². The first-order chi connectivity index (χ1) is 9.78. The zero-order valence-electron chi connectivity index (χ0n) is 13.3. The van der Waals surface area contributed by atoms with Crippen LogP contribution in [0.2, 0.25) is 0 Å². The average Bonchev–Trinajstić information content (AvgIpc) is 2.88. The number of ether oxygens (including phenoxy) is 1. The predicted molar refractivity (Wildman–Crippen MR) is 84.0 cm³/mol. The van der Waals surface area contributed by atoms with Crippen molar-refractivity contribution in [2.75, 3.05) is 18.2 Å². The molecule has 2 fully saturated rings. The number of hydrogen-bond donors (Lipinski definition) is 2. The first kappa shape index (κ1) is 14.5. The fraction of sp³-hybridized carbons (Fsp3) is 0.647. The van der Waals surface area contributed by atoms with Gasteiger partial charge in [-0.2, -0.15) is 0 Å². The minimum Gasteiger partial charge on any atom is -0.494 e. The molecule has 2 aliphatic rings. The summed E-state index contributed by atoms with van der Waals surface area (Å²) in [6.45, 7) is 7.02. The largest absolute Gasteiger partial charge is 0.494 e. The predicted octanol–water partition coefficient (Wildman–Crippen LogP) is 4.04.